The fraction of sp³-hybridized carbons (Fsp3) is 0.500. The third-order valence-corrected chi connectivity index (χ3v) is 2.90. The number of carboxylic acid groups (broad SMARTS) is 1. The number of nitrogens with two attached hydrogens (primary N) is 1. The predicted molar refractivity (Wildman–Crippen MR) is 72.6 cm³/mol. The summed E-state index contributed by atoms with van der Waals surface area (Å²) in [4.78, 5) is 12.9. The molecule has 18 heavy (non-hydrogen) atoms. The molecule has 1 rings (SSSR count). The minimum Gasteiger partial charge on any atom is -0.478 e. The van der Waals surface area contributed by atoms with Crippen LogP contribution in [0.25, 0.3) is 0 Å². The molecular weight excluding hydrogens is 228 g/mol. The van der Waals surface area contributed by atoms with Crippen molar-refractivity contribution in [1.29, 1.82) is 0 Å². The van der Waals surface area contributed by atoms with Crippen LogP contribution in [0.4, 0.5) is 0 Å². The molecule has 0 radical (unpaired) electrons. The second-order valence-corrected chi connectivity index (χ2v) is 5.54. The number of rotatable bonds is 6. The van der Waals surface area contributed by atoms with E-state index in [2.05, 4.69) is 18.7 Å². The quantitative estimate of drug-likeness (QED) is 0.808. The first-order chi connectivity index (χ1) is 8.34. The minimum absolute atomic E-state index is 0.0930. The molecule has 0 aliphatic carbocycles. The number of hydrogen-bond acceptors (Lipinski definition) is 3. The molecule has 0 bridgehead atoms. The number of nitrogens with zero attached hydrogens (tertiary/aromatic N) is 1. The molecule has 4 heteroatoms. The Morgan fingerprint density at radius 1 is 1.33 bits per heavy atom. The highest BCUT2D eigenvalue weighted by Gasteiger charge is 2.18. The maximum atomic E-state index is 10.7. The lowest BCUT2D eigenvalue weighted by Crippen LogP contribution is -2.36. The van der Waals surface area contributed by atoms with Gasteiger partial charge < -0.3 is 15.7 Å². The van der Waals surface area contributed by atoms with Crippen LogP contribution in [0.1, 0.15) is 29.8 Å². The number of aromatic carboxylic acids is 1. The van der Waals surface area contributed by atoms with Crippen LogP contribution in [0, 0.1) is 5.41 Å². The summed E-state index contributed by atoms with van der Waals surface area (Å²) in [6.07, 6.45) is 0. The van der Waals surface area contributed by atoms with E-state index in [4.69, 9.17) is 10.8 Å². The van der Waals surface area contributed by atoms with Crippen LogP contribution >= 0.6 is 0 Å². The van der Waals surface area contributed by atoms with Gasteiger partial charge in [-0.25, -0.2) is 4.79 Å². The van der Waals surface area contributed by atoms with Crippen LogP contribution < -0.4 is 5.73 Å². The molecule has 0 saturated heterocycles. The van der Waals surface area contributed by atoms with Crippen molar-refractivity contribution < 1.29 is 9.90 Å². The summed E-state index contributed by atoms with van der Waals surface area (Å²) >= 11 is 0. The highest BCUT2D eigenvalue weighted by molar-refractivity contribution is 5.87. The van der Waals surface area contributed by atoms with Crippen molar-refractivity contribution in [1.82, 2.24) is 4.90 Å². The maximum absolute atomic E-state index is 10.7. The Kier molecular flexibility index (Phi) is 4.87. The molecule has 0 fully saturated rings. The molecule has 0 atom stereocenters. The first-order valence-electron chi connectivity index (χ1n) is 6.05. The van der Waals surface area contributed by atoms with Gasteiger partial charge in [-0.05, 0) is 36.7 Å². The van der Waals surface area contributed by atoms with Crippen LogP contribution in [-0.4, -0.2) is 36.1 Å². The van der Waals surface area contributed by atoms with Crippen LogP contribution in [-0.2, 0) is 6.54 Å². The van der Waals surface area contributed by atoms with Gasteiger partial charge in [-0.2, -0.15) is 0 Å². The minimum atomic E-state index is -0.890. The Morgan fingerprint density at radius 3 is 2.33 bits per heavy atom. The summed E-state index contributed by atoms with van der Waals surface area (Å²) in [6.45, 7) is 6.62. The summed E-state index contributed by atoms with van der Waals surface area (Å²) in [5, 5.41) is 8.82. The normalized spacial score (nSPS) is 11.8. The van der Waals surface area contributed by atoms with E-state index in [0.29, 0.717) is 12.1 Å². The summed E-state index contributed by atoms with van der Waals surface area (Å²) in [6, 6.07) is 6.99. The van der Waals surface area contributed by atoms with Gasteiger partial charge in [-0.15, -0.1) is 0 Å². The zero-order chi connectivity index (χ0) is 13.8. The maximum Gasteiger partial charge on any atom is 0.335 e. The van der Waals surface area contributed by atoms with Gasteiger partial charge in [-0.1, -0.05) is 26.0 Å². The topological polar surface area (TPSA) is 66.6 Å². The molecule has 4 nitrogen and oxygen atoms in total. The molecule has 0 unspecified atom stereocenters. The van der Waals surface area contributed by atoms with E-state index in [1.807, 2.05) is 19.2 Å². The van der Waals surface area contributed by atoms with Gasteiger partial charge in [-0.3, -0.25) is 0 Å². The second-order valence-electron chi connectivity index (χ2n) is 5.54. The van der Waals surface area contributed by atoms with Crippen molar-refractivity contribution in [3.63, 3.8) is 0 Å². The second kappa shape index (κ2) is 5.98. The van der Waals surface area contributed by atoms with E-state index in [1.54, 1.807) is 12.1 Å². The number of carbonyl (C=O) groups is 1. The van der Waals surface area contributed by atoms with Crippen molar-refractivity contribution >= 4 is 5.97 Å². The Labute approximate surface area is 108 Å². The van der Waals surface area contributed by atoms with Crippen molar-refractivity contribution in [2.24, 2.45) is 11.1 Å². The largest absolute Gasteiger partial charge is 0.478 e. The van der Waals surface area contributed by atoms with E-state index >= 15 is 0 Å². The number of benzene rings is 1. The van der Waals surface area contributed by atoms with E-state index in [-0.39, 0.29) is 5.41 Å². The zero-order valence-corrected chi connectivity index (χ0v) is 11.3. The lowest BCUT2D eigenvalue weighted by atomic mass is 9.93. The van der Waals surface area contributed by atoms with Gasteiger partial charge in [0.1, 0.15) is 0 Å². The average molecular weight is 250 g/mol. The molecule has 1 aromatic carbocycles. The van der Waals surface area contributed by atoms with E-state index in [0.717, 1.165) is 18.7 Å². The Bertz CT molecular complexity index is 399. The van der Waals surface area contributed by atoms with Gasteiger partial charge in [0.25, 0.3) is 0 Å². The van der Waals surface area contributed by atoms with Gasteiger partial charge in [0.15, 0.2) is 0 Å². The molecule has 0 spiro atoms. The highest BCUT2D eigenvalue weighted by atomic mass is 16.4. The molecule has 1 aromatic rings. The van der Waals surface area contributed by atoms with Crippen molar-refractivity contribution in [3.05, 3.63) is 35.4 Å². The van der Waals surface area contributed by atoms with Crippen LogP contribution in [0.2, 0.25) is 0 Å². The fourth-order valence-corrected chi connectivity index (χ4v) is 1.92. The zero-order valence-electron chi connectivity index (χ0n) is 11.3. The summed E-state index contributed by atoms with van der Waals surface area (Å²) in [5.41, 5.74) is 7.23. The SMILES string of the molecule is CN(Cc1ccc(C(=O)O)cc1)CC(C)(C)CN. The monoisotopic (exact) mass is 250 g/mol. The van der Waals surface area contributed by atoms with Crippen LogP contribution in [0.5, 0.6) is 0 Å². The average Bonchev–Trinajstić information content (AvgIpc) is 2.29. The van der Waals surface area contributed by atoms with Crippen molar-refractivity contribution in [2.75, 3.05) is 20.1 Å². The molecule has 100 valence electrons. The first-order valence-corrected chi connectivity index (χ1v) is 6.05. The lowest BCUT2D eigenvalue weighted by molar-refractivity contribution is 0.0697. The Hall–Kier alpha value is -1.39. The lowest BCUT2D eigenvalue weighted by Gasteiger charge is -2.29. The molecule has 0 heterocycles. The summed E-state index contributed by atoms with van der Waals surface area (Å²) in [7, 11) is 2.04. The first kappa shape index (κ1) is 14.7. The van der Waals surface area contributed by atoms with Gasteiger partial charge in [0.05, 0.1) is 5.56 Å². The van der Waals surface area contributed by atoms with Crippen molar-refractivity contribution in [3.8, 4) is 0 Å². The number of carboxylic acids is 1. The fourth-order valence-electron chi connectivity index (χ4n) is 1.92. The number of hydrogen-bond donors (Lipinski definition) is 2. The summed E-state index contributed by atoms with van der Waals surface area (Å²) in [5.74, 6) is -0.890. The van der Waals surface area contributed by atoms with Crippen LogP contribution in [0.3, 0.4) is 0 Å². The molecule has 0 amide bonds. The Morgan fingerprint density at radius 2 is 1.89 bits per heavy atom. The Balaban J connectivity index is 2.59. The highest BCUT2D eigenvalue weighted by Crippen LogP contribution is 2.15. The molecule has 0 aliphatic rings. The van der Waals surface area contributed by atoms with Gasteiger partial charge in [0, 0.05) is 13.1 Å². The predicted octanol–water partition coefficient (Wildman–Crippen LogP) is 1.80. The van der Waals surface area contributed by atoms with Gasteiger partial charge >= 0.3 is 5.97 Å². The molecular formula is C14H22N2O2. The third kappa shape index (κ3) is 4.47. The molecule has 0 aliphatic heterocycles. The summed E-state index contributed by atoms with van der Waals surface area (Å²) < 4.78 is 0. The smallest absolute Gasteiger partial charge is 0.335 e. The molecule has 0 aromatic heterocycles. The third-order valence-electron chi connectivity index (χ3n) is 2.90. The van der Waals surface area contributed by atoms with E-state index in [9.17, 15) is 4.79 Å². The molecule has 3 N–H and O–H groups in total. The van der Waals surface area contributed by atoms with E-state index in [1.165, 1.54) is 0 Å². The van der Waals surface area contributed by atoms with E-state index < -0.39 is 5.97 Å². The van der Waals surface area contributed by atoms with Crippen LogP contribution in [0.15, 0.2) is 24.3 Å². The molecule has 0 saturated carbocycles. The standard InChI is InChI=1S/C14H22N2O2/c1-14(2,9-15)10-16(3)8-11-4-6-12(7-5-11)13(17)18/h4-7H,8-10,15H2,1-3H3,(H,17,18). The van der Waals surface area contributed by atoms with Crippen molar-refractivity contribution in [2.45, 2.75) is 20.4 Å². The van der Waals surface area contributed by atoms with Gasteiger partial charge in [0.2, 0.25) is 0 Å².